The second kappa shape index (κ2) is 4.15. The van der Waals surface area contributed by atoms with E-state index < -0.39 is 6.10 Å². The molecule has 2 rings (SSSR count). The number of benzene rings is 1. The summed E-state index contributed by atoms with van der Waals surface area (Å²) in [6.45, 7) is 2.13. The van der Waals surface area contributed by atoms with Gasteiger partial charge in [0, 0.05) is 6.42 Å². The molecule has 2 heteroatoms. The molecule has 2 nitrogen and oxygen atoms in total. The number of hydrogen-bond donors (Lipinski definition) is 1. The number of aliphatic hydroxyl groups excluding tert-OH is 1. The molecule has 1 aliphatic rings. The predicted octanol–water partition coefficient (Wildman–Crippen LogP) is 2.13. The SMILES string of the molecule is CC(c1ccccc1)[C@@H]1CC(=O)[C@@H](O)C1. The summed E-state index contributed by atoms with van der Waals surface area (Å²) >= 11 is 0. The first-order valence-corrected chi connectivity index (χ1v) is 5.44. The van der Waals surface area contributed by atoms with Crippen LogP contribution in [0.25, 0.3) is 0 Å². The highest BCUT2D eigenvalue weighted by molar-refractivity contribution is 5.85. The minimum Gasteiger partial charge on any atom is -0.385 e. The van der Waals surface area contributed by atoms with Gasteiger partial charge >= 0.3 is 0 Å². The Balaban J connectivity index is 2.10. The number of Topliss-reactive ketones (excluding diaryl/α,β-unsaturated/α-hetero) is 1. The highest BCUT2D eigenvalue weighted by Gasteiger charge is 2.34. The molecule has 0 radical (unpaired) electrons. The van der Waals surface area contributed by atoms with Gasteiger partial charge < -0.3 is 5.11 Å². The standard InChI is InChI=1S/C13H16O2/c1-9(10-5-3-2-4-6-10)11-7-12(14)13(15)8-11/h2-6,9,11-12,14H,7-8H2,1H3/t9?,11-,12-/m0/s1. The Morgan fingerprint density at radius 3 is 2.53 bits per heavy atom. The lowest BCUT2D eigenvalue weighted by atomic mass is 9.86. The molecule has 0 heterocycles. The maximum absolute atomic E-state index is 11.3. The molecule has 0 saturated heterocycles. The van der Waals surface area contributed by atoms with Crippen molar-refractivity contribution in [3.8, 4) is 0 Å². The van der Waals surface area contributed by atoms with Crippen molar-refractivity contribution in [2.75, 3.05) is 0 Å². The van der Waals surface area contributed by atoms with Crippen molar-refractivity contribution in [1.82, 2.24) is 0 Å². The van der Waals surface area contributed by atoms with Crippen LogP contribution >= 0.6 is 0 Å². The number of carbonyl (C=O) groups is 1. The maximum Gasteiger partial charge on any atom is 0.161 e. The molecule has 0 spiro atoms. The van der Waals surface area contributed by atoms with Gasteiger partial charge in [0.2, 0.25) is 0 Å². The molecule has 1 N–H and O–H groups in total. The van der Waals surface area contributed by atoms with E-state index in [0.29, 0.717) is 24.7 Å². The van der Waals surface area contributed by atoms with Crippen LogP contribution in [0.15, 0.2) is 30.3 Å². The zero-order chi connectivity index (χ0) is 10.8. The van der Waals surface area contributed by atoms with Gasteiger partial charge in [0.15, 0.2) is 5.78 Å². The summed E-state index contributed by atoms with van der Waals surface area (Å²) in [5.74, 6) is 0.657. The van der Waals surface area contributed by atoms with Gasteiger partial charge in [-0.15, -0.1) is 0 Å². The molecule has 3 atom stereocenters. The largest absolute Gasteiger partial charge is 0.385 e. The van der Waals surface area contributed by atoms with E-state index in [1.807, 2.05) is 18.2 Å². The van der Waals surface area contributed by atoms with Crippen molar-refractivity contribution in [2.24, 2.45) is 5.92 Å². The van der Waals surface area contributed by atoms with Crippen molar-refractivity contribution >= 4 is 5.78 Å². The van der Waals surface area contributed by atoms with Crippen molar-refractivity contribution in [2.45, 2.75) is 31.8 Å². The van der Waals surface area contributed by atoms with E-state index >= 15 is 0 Å². The molecular formula is C13H16O2. The molecule has 1 aliphatic carbocycles. The summed E-state index contributed by atoms with van der Waals surface area (Å²) in [7, 11) is 0. The zero-order valence-electron chi connectivity index (χ0n) is 8.89. The Bertz CT molecular complexity index is 345. The number of hydrogen-bond acceptors (Lipinski definition) is 2. The molecule has 1 unspecified atom stereocenters. The molecule has 1 saturated carbocycles. The van der Waals surface area contributed by atoms with Crippen molar-refractivity contribution in [1.29, 1.82) is 0 Å². The maximum atomic E-state index is 11.3. The average molecular weight is 204 g/mol. The Morgan fingerprint density at radius 2 is 2.00 bits per heavy atom. The van der Waals surface area contributed by atoms with Gasteiger partial charge in [-0.25, -0.2) is 0 Å². The third-order valence-electron chi connectivity index (χ3n) is 3.39. The summed E-state index contributed by atoms with van der Waals surface area (Å²) in [5.41, 5.74) is 1.25. The quantitative estimate of drug-likeness (QED) is 0.801. The molecule has 1 aromatic rings. The molecular weight excluding hydrogens is 188 g/mol. The summed E-state index contributed by atoms with van der Waals surface area (Å²) in [5, 5.41) is 9.41. The van der Waals surface area contributed by atoms with Gasteiger partial charge in [-0.3, -0.25) is 4.79 Å². The summed E-state index contributed by atoms with van der Waals surface area (Å²) in [4.78, 5) is 11.3. The summed E-state index contributed by atoms with van der Waals surface area (Å²) in [6, 6.07) is 10.2. The summed E-state index contributed by atoms with van der Waals surface area (Å²) < 4.78 is 0. The lowest BCUT2D eigenvalue weighted by Crippen LogP contribution is -2.10. The van der Waals surface area contributed by atoms with Gasteiger partial charge in [0.1, 0.15) is 6.10 Å². The minimum absolute atomic E-state index is 0.00258. The Hall–Kier alpha value is -1.15. The van der Waals surface area contributed by atoms with Gasteiger partial charge in [-0.2, -0.15) is 0 Å². The van der Waals surface area contributed by atoms with Crippen LogP contribution in [0.5, 0.6) is 0 Å². The number of rotatable bonds is 2. The molecule has 0 amide bonds. The molecule has 0 aromatic heterocycles. The van der Waals surface area contributed by atoms with Crippen LogP contribution in [-0.2, 0) is 4.79 Å². The molecule has 1 aromatic carbocycles. The lowest BCUT2D eigenvalue weighted by Gasteiger charge is -2.18. The van der Waals surface area contributed by atoms with E-state index in [1.165, 1.54) is 5.56 Å². The summed E-state index contributed by atoms with van der Waals surface area (Å²) in [6.07, 6.45) is 0.424. The van der Waals surface area contributed by atoms with Gasteiger partial charge in [-0.05, 0) is 23.8 Å². The first-order chi connectivity index (χ1) is 7.18. The van der Waals surface area contributed by atoms with Crippen LogP contribution in [-0.4, -0.2) is 17.0 Å². The van der Waals surface area contributed by atoms with Crippen LogP contribution in [0.3, 0.4) is 0 Å². The molecule has 15 heavy (non-hydrogen) atoms. The fourth-order valence-corrected chi connectivity index (χ4v) is 2.31. The highest BCUT2D eigenvalue weighted by Crippen LogP contribution is 2.35. The van der Waals surface area contributed by atoms with E-state index in [0.717, 1.165) is 0 Å². The second-order valence-electron chi connectivity index (χ2n) is 4.38. The fourth-order valence-electron chi connectivity index (χ4n) is 2.31. The fraction of sp³-hybridized carbons (Fsp3) is 0.462. The zero-order valence-corrected chi connectivity index (χ0v) is 8.89. The van der Waals surface area contributed by atoms with E-state index in [1.54, 1.807) is 0 Å². The number of ketones is 1. The second-order valence-corrected chi connectivity index (χ2v) is 4.38. The third-order valence-corrected chi connectivity index (χ3v) is 3.39. The van der Waals surface area contributed by atoms with Crippen LogP contribution in [0.2, 0.25) is 0 Å². The molecule has 80 valence electrons. The van der Waals surface area contributed by atoms with Crippen molar-refractivity contribution in [3.05, 3.63) is 35.9 Å². The number of carbonyl (C=O) groups excluding carboxylic acids is 1. The van der Waals surface area contributed by atoms with Crippen LogP contribution in [0.4, 0.5) is 0 Å². The third kappa shape index (κ3) is 2.10. The first-order valence-electron chi connectivity index (χ1n) is 5.44. The Morgan fingerprint density at radius 1 is 1.33 bits per heavy atom. The lowest BCUT2D eigenvalue weighted by molar-refractivity contribution is -0.124. The average Bonchev–Trinajstić information content (AvgIpc) is 2.59. The monoisotopic (exact) mass is 204 g/mol. The molecule has 1 fully saturated rings. The topological polar surface area (TPSA) is 37.3 Å². The van der Waals surface area contributed by atoms with Crippen LogP contribution in [0, 0.1) is 5.92 Å². The van der Waals surface area contributed by atoms with Gasteiger partial charge in [0.05, 0.1) is 0 Å². The van der Waals surface area contributed by atoms with E-state index in [-0.39, 0.29) is 5.78 Å². The van der Waals surface area contributed by atoms with E-state index in [2.05, 4.69) is 19.1 Å². The van der Waals surface area contributed by atoms with Crippen LogP contribution in [0.1, 0.15) is 31.2 Å². The Kier molecular flexibility index (Phi) is 2.87. The van der Waals surface area contributed by atoms with Gasteiger partial charge in [0.25, 0.3) is 0 Å². The van der Waals surface area contributed by atoms with E-state index in [9.17, 15) is 9.90 Å². The van der Waals surface area contributed by atoms with Gasteiger partial charge in [-0.1, -0.05) is 37.3 Å². The molecule has 0 aliphatic heterocycles. The predicted molar refractivity (Wildman–Crippen MR) is 58.6 cm³/mol. The Labute approximate surface area is 89.9 Å². The molecule has 0 bridgehead atoms. The highest BCUT2D eigenvalue weighted by atomic mass is 16.3. The van der Waals surface area contributed by atoms with E-state index in [4.69, 9.17) is 0 Å². The minimum atomic E-state index is -0.721. The van der Waals surface area contributed by atoms with Crippen molar-refractivity contribution in [3.63, 3.8) is 0 Å². The van der Waals surface area contributed by atoms with Crippen molar-refractivity contribution < 1.29 is 9.90 Å². The normalized spacial score (nSPS) is 28.0. The number of aliphatic hydroxyl groups is 1. The first kappa shape index (κ1) is 10.4. The smallest absolute Gasteiger partial charge is 0.161 e. The van der Waals surface area contributed by atoms with Crippen LogP contribution < -0.4 is 0 Å².